The van der Waals surface area contributed by atoms with Gasteiger partial charge in [-0.05, 0) is 41.8 Å². The van der Waals surface area contributed by atoms with Gasteiger partial charge in [0.2, 0.25) is 17.6 Å². The van der Waals surface area contributed by atoms with Gasteiger partial charge in [-0.15, -0.1) is 0 Å². The molecule has 6 rings (SSSR count). The number of carbonyl (C=O) groups is 3. The lowest BCUT2D eigenvalue weighted by Gasteiger charge is -2.35. The van der Waals surface area contributed by atoms with Crippen LogP contribution in [-0.4, -0.2) is 33.5 Å². The third-order valence-corrected chi connectivity index (χ3v) is 7.14. The lowest BCUT2D eigenvalue weighted by atomic mass is 9.84. The summed E-state index contributed by atoms with van der Waals surface area (Å²) < 4.78 is 5.36. The van der Waals surface area contributed by atoms with Gasteiger partial charge in [0.15, 0.2) is 5.76 Å². The van der Waals surface area contributed by atoms with Crippen molar-refractivity contribution in [2.24, 2.45) is 11.8 Å². The summed E-state index contributed by atoms with van der Waals surface area (Å²) >= 11 is 0. The number of aryl methyl sites for hydroxylation is 1. The average Bonchev–Trinajstić information content (AvgIpc) is 3.56. The standard InChI is InChI=1S/C26H19N3O6/c1-14-8-9-16(29(33)34)13-18(14)28-25(31)20-21(26(28)32)23(24(30)19-7-4-12-35-19)27-11-10-15-5-2-3-6-17(15)22(20)27/h2-13,20-23H,1H3/t20-,21-,22+,23+/m1/s1. The molecule has 9 heteroatoms. The average molecular weight is 469 g/mol. The predicted molar refractivity (Wildman–Crippen MR) is 124 cm³/mol. The van der Waals surface area contributed by atoms with Gasteiger partial charge >= 0.3 is 0 Å². The van der Waals surface area contributed by atoms with E-state index in [2.05, 4.69) is 0 Å². The van der Waals surface area contributed by atoms with Gasteiger partial charge in [-0.3, -0.25) is 24.5 Å². The van der Waals surface area contributed by atoms with E-state index in [-0.39, 0.29) is 17.1 Å². The number of anilines is 1. The molecule has 0 aliphatic carbocycles. The van der Waals surface area contributed by atoms with Crippen molar-refractivity contribution in [3.8, 4) is 0 Å². The molecule has 2 amide bonds. The quantitative estimate of drug-likeness (QED) is 0.246. The van der Waals surface area contributed by atoms with Crippen LogP contribution in [0, 0.1) is 28.9 Å². The monoisotopic (exact) mass is 469 g/mol. The molecule has 3 aliphatic rings. The zero-order chi connectivity index (χ0) is 24.4. The van der Waals surface area contributed by atoms with Gasteiger partial charge in [-0.2, -0.15) is 0 Å². The number of non-ortho nitro benzene ring substituents is 1. The number of amides is 2. The Morgan fingerprint density at radius 3 is 2.54 bits per heavy atom. The molecule has 4 atom stereocenters. The lowest BCUT2D eigenvalue weighted by molar-refractivity contribution is -0.384. The zero-order valence-corrected chi connectivity index (χ0v) is 18.5. The van der Waals surface area contributed by atoms with E-state index in [0.717, 1.165) is 16.0 Å². The molecule has 9 nitrogen and oxygen atoms in total. The molecule has 0 spiro atoms. The number of Topliss-reactive ketones (excluding diaryl/α,β-unsaturated/α-hetero) is 1. The highest BCUT2D eigenvalue weighted by atomic mass is 16.6. The molecule has 0 N–H and O–H groups in total. The van der Waals surface area contributed by atoms with Crippen LogP contribution in [0.4, 0.5) is 11.4 Å². The molecular weight excluding hydrogens is 450 g/mol. The highest BCUT2D eigenvalue weighted by molar-refractivity contribution is 6.25. The summed E-state index contributed by atoms with van der Waals surface area (Å²) in [6, 6.07) is 13.3. The minimum atomic E-state index is -0.973. The number of nitro benzene ring substituents is 1. The number of hydrogen-bond donors (Lipinski definition) is 0. The van der Waals surface area contributed by atoms with Crippen LogP contribution in [0.3, 0.4) is 0 Å². The lowest BCUT2D eigenvalue weighted by Crippen LogP contribution is -2.44. The van der Waals surface area contributed by atoms with Gasteiger partial charge in [0.1, 0.15) is 6.04 Å². The van der Waals surface area contributed by atoms with Crippen LogP contribution in [0.5, 0.6) is 0 Å². The fourth-order valence-electron chi connectivity index (χ4n) is 5.61. The van der Waals surface area contributed by atoms with Gasteiger partial charge < -0.3 is 9.32 Å². The van der Waals surface area contributed by atoms with Crippen molar-refractivity contribution in [1.82, 2.24) is 4.90 Å². The van der Waals surface area contributed by atoms with Gasteiger partial charge in [0.25, 0.3) is 5.69 Å². The second-order valence-corrected chi connectivity index (χ2v) is 8.91. The number of furan rings is 1. The van der Waals surface area contributed by atoms with Crippen LogP contribution >= 0.6 is 0 Å². The number of ketones is 1. The fourth-order valence-corrected chi connectivity index (χ4v) is 5.61. The first-order valence-electron chi connectivity index (χ1n) is 11.1. The number of carbonyl (C=O) groups excluding carboxylic acids is 3. The molecule has 0 saturated carbocycles. The molecule has 2 saturated heterocycles. The summed E-state index contributed by atoms with van der Waals surface area (Å²) in [5, 5.41) is 11.4. The summed E-state index contributed by atoms with van der Waals surface area (Å²) in [5.41, 5.74) is 2.24. The Balaban J connectivity index is 1.51. The second-order valence-electron chi connectivity index (χ2n) is 8.91. The topological polar surface area (TPSA) is 114 Å². The third-order valence-electron chi connectivity index (χ3n) is 7.14. The Kier molecular flexibility index (Phi) is 4.50. The summed E-state index contributed by atoms with van der Waals surface area (Å²) in [5.74, 6) is -3.12. The maximum atomic E-state index is 13.9. The number of fused-ring (bicyclic) bond motifs is 5. The molecule has 3 aromatic rings. The van der Waals surface area contributed by atoms with Crippen molar-refractivity contribution < 1.29 is 23.7 Å². The summed E-state index contributed by atoms with van der Waals surface area (Å²) in [4.78, 5) is 55.0. The molecule has 3 aliphatic heterocycles. The molecule has 0 bridgehead atoms. The molecule has 174 valence electrons. The molecule has 35 heavy (non-hydrogen) atoms. The Morgan fingerprint density at radius 2 is 1.80 bits per heavy atom. The smallest absolute Gasteiger partial charge is 0.271 e. The Morgan fingerprint density at radius 1 is 1.03 bits per heavy atom. The van der Waals surface area contributed by atoms with Gasteiger partial charge in [0.05, 0.1) is 34.8 Å². The number of rotatable bonds is 4. The van der Waals surface area contributed by atoms with Gasteiger partial charge in [-0.1, -0.05) is 30.3 Å². The Hall–Kier alpha value is -4.53. The summed E-state index contributed by atoms with van der Waals surface area (Å²) in [6.07, 6.45) is 5.02. The van der Waals surface area contributed by atoms with E-state index in [0.29, 0.717) is 5.56 Å². The third kappa shape index (κ3) is 2.91. The van der Waals surface area contributed by atoms with E-state index >= 15 is 0 Å². The van der Waals surface area contributed by atoms with Crippen LogP contribution in [0.2, 0.25) is 0 Å². The Labute approximate surface area is 199 Å². The van der Waals surface area contributed by atoms with Crippen molar-refractivity contribution in [3.05, 3.63) is 99.6 Å². The molecule has 0 radical (unpaired) electrons. The molecule has 0 unspecified atom stereocenters. The fraction of sp³-hybridized carbons (Fsp3) is 0.192. The van der Waals surface area contributed by atoms with E-state index in [1.54, 1.807) is 24.1 Å². The van der Waals surface area contributed by atoms with Crippen molar-refractivity contribution in [3.63, 3.8) is 0 Å². The van der Waals surface area contributed by atoms with E-state index in [9.17, 15) is 24.5 Å². The molecular formula is C26H19N3O6. The molecule has 2 aromatic carbocycles. The summed E-state index contributed by atoms with van der Waals surface area (Å²) in [7, 11) is 0. The van der Waals surface area contributed by atoms with E-state index in [4.69, 9.17) is 4.42 Å². The van der Waals surface area contributed by atoms with Crippen molar-refractivity contribution in [2.75, 3.05) is 4.90 Å². The van der Waals surface area contributed by atoms with Gasteiger partial charge in [0, 0.05) is 18.3 Å². The zero-order valence-electron chi connectivity index (χ0n) is 18.5. The first kappa shape index (κ1) is 21.0. The van der Waals surface area contributed by atoms with E-state index in [1.165, 1.54) is 30.5 Å². The highest BCUT2D eigenvalue weighted by Gasteiger charge is 2.65. The van der Waals surface area contributed by atoms with Crippen LogP contribution in [-0.2, 0) is 9.59 Å². The number of benzene rings is 2. The van der Waals surface area contributed by atoms with Crippen molar-refractivity contribution >= 4 is 35.0 Å². The van der Waals surface area contributed by atoms with Crippen LogP contribution in [0.1, 0.15) is 33.3 Å². The molecule has 4 heterocycles. The van der Waals surface area contributed by atoms with Crippen LogP contribution in [0.25, 0.3) is 6.08 Å². The molecule has 2 fully saturated rings. The second kappa shape index (κ2) is 7.49. The SMILES string of the molecule is Cc1ccc([N+](=O)[O-])cc1N1C(=O)[C@@H]2[C@@H](C1=O)[C@@H]1c3ccccc3C=CN1[C@@H]2C(=O)c1ccco1. The van der Waals surface area contributed by atoms with Crippen LogP contribution < -0.4 is 4.90 Å². The van der Waals surface area contributed by atoms with E-state index < -0.39 is 46.4 Å². The minimum Gasteiger partial charge on any atom is -0.461 e. The van der Waals surface area contributed by atoms with Crippen molar-refractivity contribution in [2.45, 2.75) is 19.0 Å². The first-order valence-corrected chi connectivity index (χ1v) is 11.1. The van der Waals surface area contributed by atoms with Crippen molar-refractivity contribution in [1.29, 1.82) is 0 Å². The highest BCUT2D eigenvalue weighted by Crippen LogP contribution is 2.54. The maximum Gasteiger partial charge on any atom is 0.271 e. The van der Waals surface area contributed by atoms with E-state index in [1.807, 2.05) is 30.3 Å². The normalized spacial score (nSPS) is 24.4. The minimum absolute atomic E-state index is 0.104. The maximum absolute atomic E-state index is 13.9. The first-order chi connectivity index (χ1) is 16.9. The number of nitro groups is 1. The molecule has 1 aromatic heterocycles. The Bertz CT molecular complexity index is 1440. The van der Waals surface area contributed by atoms with Crippen LogP contribution in [0.15, 0.2) is 71.5 Å². The number of imide groups is 1. The van der Waals surface area contributed by atoms with Gasteiger partial charge in [-0.25, -0.2) is 4.90 Å². The summed E-state index contributed by atoms with van der Waals surface area (Å²) in [6.45, 7) is 1.68. The number of hydrogen-bond acceptors (Lipinski definition) is 7. The largest absolute Gasteiger partial charge is 0.461 e. The predicted octanol–water partition coefficient (Wildman–Crippen LogP) is 3.89. The number of nitrogens with zero attached hydrogens (tertiary/aromatic N) is 3.